The van der Waals surface area contributed by atoms with Gasteiger partial charge in [-0.25, -0.2) is 4.98 Å². The monoisotopic (exact) mass is 260 g/mol. The van der Waals surface area contributed by atoms with Gasteiger partial charge in [-0.3, -0.25) is 9.36 Å². The molecule has 1 atom stereocenters. The highest BCUT2D eigenvalue weighted by atomic mass is 16.5. The van der Waals surface area contributed by atoms with Gasteiger partial charge in [-0.1, -0.05) is 12.1 Å². The van der Waals surface area contributed by atoms with E-state index in [4.69, 9.17) is 4.74 Å². The summed E-state index contributed by atoms with van der Waals surface area (Å²) in [6.45, 7) is 2.70. The van der Waals surface area contributed by atoms with Crippen LogP contribution in [0.3, 0.4) is 0 Å². The molecule has 0 fully saturated rings. The van der Waals surface area contributed by atoms with Crippen LogP contribution >= 0.6 is 0 Å². The third-order valence-electron chi connectivity index (χ3n) is 2.74. The molecule has 0 aliphatic rings. The van der Waals surface area contributed by atoms with Crippen LogP contribution in [0, 0.1) is 0 Å². The number of hydrogen-bond acceptors (Lipinski definition) is 4. The normalized spacial score (nSPS) is 12.1. The fourth-order valence-electron chi connectivity index (χ4n) is 1.76. The molecular formula is C14H16N2O3. The van der Waals surface area contributed by atoms with Crippen LogP contribution < -0.4 is 10.3 Å². The molecule has 1 N–H and O–H groups in total. The van der Waals surface area contributed by atoms with Crippen LogP contribution in [0.15, 0.2) is 47.7 Å². The maximum Gasteiger partial charge on any atom is 0.253 e. The fourth-order valence-corrected chi connectivity index (χ4v) is 1.76. The zero-order chi connectivity index (χ0) is 13.7. The van der Waals surface area contributed by atoms with Crippen LogP contribution in [0.5, 0.6) is 5.75 Å². The lowest BCUT2D eigenvalue weighted by Gasteiger charge is -2.13. The minimum atomic E-state index is -0.752. The Morgan fingerprint density at radius 2 is 2.05 bits per heavy atom. The van der Waals surface area contributed by atoms with Gasteiger partial charge in [-0.05, 0) is 24.6 Å². The first-order valence-corrected chi connectivity index (χ1v) is 6.12. The Labute approximate surface area is 111 Å². The molecule has 1 unspecified atom stereocenters. The van der Waals surface area contributed by atoms with Crippen LogP contribution in [0.2, 0.25) is 0 Å². The summed E-state index contributed by atoms with van der Waals surface area (Å²) < 4.78 is 6.71. The van der Waals surface area contributed by atoms with Gasteiger partial charge in [0.25, 0.3) is 5.56 Å². The molecule has 5 nitrogen and oxygen atoms in total. The van der Waals surface area contributed by atoms with Gasteiger partial charge in [-0.15, -0.1) is 0 Å². The second-order valence-electron chi connectivity index (χ2n) is 4.09. The van der Waals surface area contributed by atoms with Crippen molar-refractivity contribution in [2.75, 3.05) is 6.61 Å². The van der Waals surface area contributed by atoms with E-state index in [2.05, 4.69) is 4.98 Å². The Bertz CT molecular complexity index is 578. The fraction of sp³-hybridized carbons (Fsp3) is 0.286. The topological polar surface area (TPSA) is 64.3 Å². The van der Waals surface area contributed by atoms with Crippen LogP contribution in [-0.4, -0.2) is 21.3 Å². The standard InChI is InChI=1S/C14H16N2O3/c1-2-19-12-5-3-11(4-6-12)13(17)9-16-10-15-8-7-14(16)18/h3-8,10,13,17H,2,9H2,1H3. The van der Waals surface area contributed by atoms with Gasteiger partial charge < -0.3 is 9.84 Å². The average Bonchev–Trinajstić information content (AvgIpc) is 2.42. The summed E-state index contributed by atoms with van der Waals surface area (Å²) in [6, 6.07) is 8.54. The molecule has 0 amide bonds. The Morgan fingerprint density at radius 3 is 2.68 bits per heavy atom. The van der Waals surface area contributed by atoms with Gasteiger partial charge in [-0.2, -0.15) is 0 Å². The molecule has 2 aromatic rings. The number of aliphatic hydroxyl groups excluding tert-OH is 1. The molecule has 0 radical (unpaired) electrons. The molecule has 0 saturated heterocycles. The molecule has 0 saturated carbocycles. The van der Waals surface area contributed by atoms with E-state index in [9.17, 15) is 9.90 Å². The van der Waals surface area contributed by atoms with Gasteiger partial charge in [0.15, 0.2) is 0 Å². The lowest BCUT2D eigenvalue weighted by atomic mass is 10.1. The molecule has 0 bridgehead atoms. The maximum absolute atomic E-state index is 11.5. The van der Waals surface area contributed by atoms with E-state index >= 15 is 0 Å². The highest BCUT2D eigenvalue weighted by Gasteiger charge is 2.09. The van der Waals surface area contributed by atoms with Crippen molar-refractivity contribution in [2.24, 2.45) is 0 Å². The number of nitrogens with zero attached hydrogens (tertiary/aromatic N) is 2. The van der Waals surface area contributed by atoms with Gasteiger partial charge in [0.1, 0.15) is 5.75 Å². The second kappa shape index (κ2) is 6.15. The molecule has 1 heterocycles. The van der Waals surface area contributed by atoms with Crippen LogP contribution in [0.4, 0.5) is 0 Å². The van der Waals surface area contributed by atoms with E-state index in [1.165, 1.54) is 23.2 Å². The molecule has 0 aliphatic carbocycles. The molecule has 1 aromatic heterocycles. The van der Waals surface area contributed by atoms with E-state index < -0.39 is 6.10 Å². The Hall–Kier alpha value is -2.14. The van der Waals surface area contributed by atoms with E-state index in [-0.39, 0.29) is 12.1 Å². The van der Waals surface area contributed by atoms with Crippen molar-refractivity contribution < 1.29 is 9.84 Å². The zero-order valence-corrected chi connectivity index (χ0v) is 10.7. The predicted molar refractivity (Wildman–Crippen MR) is 71.1 cm³/mol. The first kappa shape index (κ1) is 13.3. The van der Waals surface area contributed by atoms with Crippen molar-refractivity contribution in [1.29, 1.82) is 0 Å². The minimum Gasteiger partial charge on any atom is -0.494 e. The minimum absolute atomic E-state index is 0.181. The lowest BCUT2D eigenvalue weighted by molar-refractivity contribution is 0.154. The number of aromatic nitrogens is 2. The quantitative estimate of drug-likeness (QED) is 0.882. The van der Waals surface area contributed by atoms with Crippen molar-refractivity contribution in [3.8, 4) is 5.75 Å². The predicted octanol–water partition coefficient (Wildman–Crippen LogP) is 1.38. The molecule has 0 spiro atoms. The molecular weight excluding hydrogens is 244 g/mol. The number of hydrogen-bond donors (Lipinski definition) is 1. The summed E-state index contributed by atoms with van der Waals surface area (Å²) >= 11 is 0. The molecule has 1 aromatic carbocycles. The maximum atomic E-state index is 11.5. The van der Waals surface area contributed by atoms with Crippen molar-refractivity contribution in [3.05, 3.63) is 58.8 Å². The lowest BCUT2D eigenvalue weighted by Crippen LogP contribution is -2.22. The van der Waals surface area contributed by atoms with Crippen molar-refractivity contribution in [3.63, 3.8) is 0 Å². The van der Waals surface area contributed by atoms with Gasteiger partial charge >= 0.3 is 0 Å². The largest absolute Gasteiger partial charge is 0.494 e. The third kappa shape index (κ3) is 3.42. The van der Waals surface area contributed by atoms with Crippen LogP contribution in [-0.2, 0) is 6.54 Å². The molecule has 5 heteroatoms. The highest BCUT2D eigenvalue weighted by Crippen LogP contribution is 2.18. The highest BCUT2D eigenvalue weighted by molar-refractivity contribution is 5.28. The number of ether oxygens (including phenoxy) is 1. The molecule has 0 aliphatic heterocycles. The number of rotatable bonds is 5. The van der Waals surface area contributed by atoms with Crippen molar-refractivity contribution >= 4 is 0 Å². The molecule has 19 heavy (non-hydrogen) atoms. The van der Waals surface area contributed by atoms with E-state index in [1.807, 2.05) is 6.92 Å². The zero-order valence-electron chi connectivity index (χ0n) is 10.7. The molecule has 2 rings (SSSR count). The summed E-state index contributed by atoms with van der Waals surface area (Å²) in [6.07, 6.45) is 2.10. The third-order valence-corrected chi connectivity index (χ3v) is 2.74. The summed E-state index contributed by atoms with van der Waals surface area (Å²) in [5.74, 6) is 0.761. The van der Waals surface area contributed by atoms with Gasteiger partial charge in [0, 0.05) is 12.3 Å². The first-order chi connectivity index (χ1) is 9.20. The van der Waals surface area contributed by atoms with E-state index in [1.54, 1.807) is 24.3 Å². The summed E-state index contributed by atoms with van der Waals surface area (Å²) in [7, 11) is 0. The SMILES string of the molecule is CCOc1ccc(C(O)Cn2cnccc2=O)cc1. The van der Waals surface area contributed by atoms with E-state index in [0.29, 0.717) is 6.61 Å². The Balaban J connectivity index is 2.09. The van der Waals surface area contributed by atoms with Crippen molar-refractivity contribution in [2.45, 2.75) is 19.6 Å². The number of benzene rings is 1. The van der Waals surface area contributed by atoms with Crippen LogP contribution in [0.25, 0.3) is 0 Å². The van der Waals surface area contributed by atoms with E-state index in [0.717, 1.165) is 11.3 Å². The second-order valence-corrected chi connectivity index (χ2v) is 4.09. The smallest absolute Gasteiger partial charge is 0.253 e. The number of aliphatic hydroxyl groups is 1. The Kier molecular flexibility index (Phi) is 4.30. The summed E-state index contributed by atoms with van der Waals surface area (Å²) in [5.41, 5.74) is 0.555. The summed E-state index contributed by atoms with van der Waals surface area (Å²) in [4.78, 5) is 15.4. The van der Waals surface area contributed by atoms with Gasteiger partial charge in [0.05, 0.1) is 25.6 Å². The Morgan fingerprint density at radius 1 is 1.32 bits per heavy atom. The summed E-state index contributed by atoms with van der Waals surface area (Å²) in [5, 5.41) is 10.1. The van der Waals surface area contributed by atoms with Crippen LogP contribution in [0.1, 0.15) is 18.6 Å². The molecule has 100 valence electrons. The van der Waals surface area contributed by atoms with Crippen molar-refractivity contribution in [1.82, 2.24) is 9.55 Å². The van der Waals surface area contributed by atoms with Gasteiger partial charge in [0.2, 0.25) is 0 Å². The first-order valence-electron chi connectivity index (χ1n) is 6.12. The average molecular weight is 260 g/mol.